The van der Waals surface area contributed by atoms with Crippen LogP contribution in [-0.2, 0) is 9.53 Å². The van der Waals surface area contributed by atoms with Crippen LogP contribution in [-0.4, -0.2) is 23.2 Å². The maximum absolute atomic E-state index is 10.7. The number of carbonyl (C=O) groups excluding carboxylic acids is 1. The van der Waals surface area contributed by atoms with Crippen molar-refractivity contribution < 1.29 is 14.6 Å². The van der Waals surface area contributed by atoms with Crippen LogP contribution < -0.4 is 0 Å². The molecule has 0 bridgehead atoms. The molecule has 1 unspecified atom stereocenters. The predicted octanol–water partition coefficient (Wildman–Crippen LogP) is 3.23. The quantitative estimate of drug-likeness (QED) is 0.280. The average molecular weight is 251 g/mol. The molecule has 0 radical (unpaired) electrons. The Morgan fingerprint density at radius 3 is 2.31 bits per heavy atom. The number of carbonyl (C=O) groups is 1. The zero-order valence-corrected chi connectivity index (χ0v) is 10.8. The molecular formula is C12H23ClO3. The van der Waals surface area contributed by atoms with Gasteiger partial charge in [-0.3, -0.25) is 4.79 Å². The fourth-order valence-electron chi connectivity index (χ4n) is 1.52. The molecule has 0 rings (SSSR count). The number of rotatable bonds is 10. The summed E-state index contributed by atoms with van der Waals surface area (Å²) in [6.07, 6.45) is 7.80. The van der Waals surface area contributed by atoms with Gasteiger partial charge in [-0.1, -0.05) is 45.4 Å². The van der Waals surface area contributed by atoms with Gasteiger partial charge in [0.1, 0.15) is 5.88 Å². The van der Waals surface area contributed by atoms with Gasteiger partial charge in [-0.2, -0.15) is 0 Å². The molecule has 0 saturated heterocycles. The van der Waals surface area contributed by atoms with E-state index in [4.69, 9.17) is 11.6 Å². The molecule has 0 spiro atoms. The molecule has 0 aromatic heterocycles. The van der Waals surface area contributed by atoms with Gasteiger partial charge in [-0.05, 0) is 6.42 Å². The minimum atomic E-state index is -0.984. The minimum Gasteiger partial charge on any atom is -0.435 e. The monoisotopic (exact) mass is 250 g/mol. The Kier molecular flexibility index (Phi) is 11.0. The smallest absolute Gasteiger partial charge is 0.323 e. The third kappa shape index (κ3) is 10.2. The van der Waals surface area contributed by atoms with Gasteiger partial charge in [-0.25, -0.2) is 0 Å². The van der Waals surface area contributed by atoms with Crippen molar-refractivity contribution in [3.05, 3.63) is 0 Å². The Bertz CT molecular complexity index is 174. The molecule has 0 aliphatic heterocycles. The van der Waals surface area contributed by atoms with Crippen molar-refractivity contribution in [2.45, 2.75) is 64.6 Å². The molecule has 1 atom stereocenters. The average Bonchev–Trinajstić information content (AvgIpc) is 2.27. The summed E-state index contributed by atoms with van der Waals surface area (Å²) in [6, 6.07) is 0. The van der Waals surface area contributed by atoms with Crippen LogP contribution in [0.25, 0.3) is 0 Å². The number of esters is 1. The number of aliphatic hydroxyl groups is 1. The molecule has 0 aromatic carbocycles. The van der Waals surface area contributed by atoms with E-state index in [9.17, 15) is 9.90 Å². The van der Waals surface area contributed by atoms with Gasteiger partial charge in [-0.15, -0.1) is 11.6 Å². The topological polar surface area (TPSA) is 46.5 Å². The molecule has 1 N–H and O–H groups in total. The van der Waals surface area contributed by atoms with Crippen LogP contribution in [0.15, 0.2) is 0 Å². The molecule has 0 aliphatic rings. The highest BCUT2D eigenvalue weighted by Crippen LogP contribution is 2.10. The van der Waals surface area contributed by atoms with E-state index in [2.05, 4.69) is 11.7 Å². The van der Waals surface area contributed by atoms with Crippen molar-refractivity contribution in [1.82, 2.24) is 0 Å². The summed E-state index contributed by atoms with van der Waals surface area (Å²) < 4.78 is 4.63. The summed E-state index contributed by atoms with van der Waals surface area (Å²) >= 11 is 5.24. The van der Waals surface area contributed by atoms with Crippen LogP contribution in [0.4, 0.5) is 0 Å². The fraction of sp³-hybridized carbons (Fsp3) is 0.917. The van der Waals surface area contributed by atoms with E-state index in [-0.39, 0.29) is 5.88 Å². The third-order valence-corrected chi connectivity index (χ3v) is 2.65. The second kappa shape index (κ2) is 11.2. The fourth-order valence-corrected chi connectivity index (χ4v) is 1.58. The lowest BCUT2D eigenvalue weighted by Gasteiger charge is -2.10. The minimum absolute atomic E-state index is 0.200. The molecule has 16 heavy (non-hydrogen) atoms. The highest BCUT2D eigenvalue weighted by Gasteiger charge is 2.08. The van der Waals surface area contributed by atoms with E-state index >= 15 is 0 Å². The van der Waals surface area contributed by atoms with E-state index in [0.717, 1.165) is 12.8 Å². The van der Waals surface area contributed by atoms with Crippen LogP contribution in [0.2, 0.25) is 0 Å². The van der Waals surface area contributed by atoms with Gasteiger partial charge in [0.05, 0.1) is 0 Å². The molecule has 0 aliphatic carbocycles. The van der Waals surface area contributed by atoms with Crippen LogP contribution >= 0.6 is 11.6 Å². The largest absolute Gasteiger partial charge is 0.435 e. The number of alkyl halides is 1. The molecule has 4 heteroatoms. The van der Waals surface area contributed by atoms with Gasteiger partial charge in [0.2, 0.25) is 6.29 Å². The van der Waals surface area contributed by atoms with E-state index in [1.165, 1.54) is 32.1 Å². The zero-order valence-electron chi connectivity index (χ0n) is 10.1. The third-order valence-electron chi connectivity index (χ3n) is 2.43. The van der Waals surface area contributed by atoms with Crippen molar-refractivity contribution in [3.8, 4) is 0 Å². The second-order valence-corrected chi connectivity index (χ2v) is 4.26. The number of unbranched alkanes of at least 4 members (excludes halogenated alkanes) is 6. The number of hydrogen-bond acceptors (Lipinski definition) is 3. The Labute approximate surface area is 103 Å². The van der Waals surface area contributed by atoms with E-state index in [0.29, 0.717) is 6.42 Å². The van der Waals surface area contributed by atoms with E-state index in [1.807, 2.05) is 0 Å². The number of hydrogen-bond donors (Lipinski definition) is 1. The molecule has 0 fully saturated rings. The standard InChI is InChI=1S/C12H23ClO3/c1-2-3-4-5-6-7-8-9-11(14)16-12(15)10-13/h11,14H,2-10H2,1H3. The summed E-state index contributed by atoms with van der Waals surface area (Å²) in [5, 5.41) is 9.29. The van der Waals surface area contributed by atoms with Crippen molar-refractivity contribution in [3.63, 3.8) is 0 Å². The lowest BCUT2D eigenvalue weighted by atomic mass is 10.1. The first-order valence-corrected chi connectivity index (χ1v) is 6.67. The Balaban J connectivity index is 3.21. The molecule has 0 amide bonds. The van der Waals surface area contributed by atoms with Crippen molar-refractivity contribution >= 4 is 17.6 Å². The highest BCUT2D eigenvalue weighted by molar-refractivity contribution is 6.26. The van der Waals surface area contributed by atoms with Crippen LogP contribution in [0.5, 0.6) is 0 Å². The van der Waals surface area contributed by atoms with Gasteiger partial charge in [0.25, 0.3) is 0 Å². The lowest BCUT2D eigenvalue weighted by molar-refractivity contribution is -0.165. The lowest BCUT2D eigenvalue weighted by Crippen LogP contribution is -2.18. The molecule has 0 heterocycles. The first kappa shape index (κ1) is 15.7. The molecular weight excluding hydrogens is 228 g/mol. The Morgan fingerprint density at radius 2 is 1.75 bits per heavy atom. The summed E-state index contributed by atoms with van der Waals surface area (Å²) in [4.78, 5) is 10.7. The summed E-state index contributed by atoms with van der Waals surface area (Å²) in [5.74, 6) is -0.759. The molecule has 0 aromatic rings. The van der Waals surface area contributed by atoms with Crippen LogP contribution in [0.3, 0.4) is 0 Å². The van der Waals surface area contributed by atoms with Gasteiger partial charge in [0, 0.05) is 6.42 Å². The number of halogens is 1. The van der Waals surface area contributed by atoms with Crippen molar-refractivity contribution in [1.29, 1.82) is 0 Å². The normalized spacial score (nSPS) is 12.4. The first-order chi connectivity index (χ1) is 7.70. The van der Waals surface area contributed by atoms with Gasteiger partial charge < -0.3 is 9.84 Å². The van der Waals surface area contributed by atoms with Crippen molar-refractivity contribution in [2.75, 3.05) is 5.88 Å². The predicted molar refractivity (Wildman–Crippen MR) is 65.4 cm³/mol. The summed E-state index contributed by atoms with van der Waals surface area (Å²) in [7, 11) is 0. The molecule has 0 saturated carbocycles. The Hall–Kier alpha value is -0.280. The van der Waals surface area contributed by atoms with Crippen LogP contribution in [0, 0.1) is 0 Å². The maximum atomic E-state index is 10.7. The van der Waals surface area contributed by atoms with Gasteiger partial charge >= 0.3 is 5.97 Å². The second-order valence-electron chi connectivity index (χ2n) is 3.99. The summed E-state index contributed by atoms with van der Waals surface area (Å²) in [6.45, 7) is 2.20. The highest BCUT2D eigenvalue weighted by atomic mass is 35.5. The molecule has 96 valence electrons. The van der Waals surface area contributed by atoms with Crippen molar-refractivity contribution in [2.24, 2.45) is 0 Å². The SMILES string of the molecule is CCCCCCCCCC(O)OC(=O)CCl. The van der Waals surface area contributed by atoms with Crippen LogP contribution in [0.1, 0.15) is 58.3 Å². The first-order valence-electron chi connectivity index (χ1n) is 6.14. The molecule has 3 nitrogen and oxygen atoms in total. The summed E-state index contributed by atoms with van der Waals surface area (Å²) in [5.41, 5.74) is 0. The maximum Gasteiger partial charge on any atom is 0.323 e. The number of ether oxygens (including phenoxy) is 1. The Morgan fingerprint density at radius 1 is 1.19 bits per heavy atom. The van der Waals surface area contributed by atoms with E-state index in [1.54, 1.807) is 0 Å². The van der Waals surface area contributed by atoms with Gasteiger partial charge in [0.15, 0.2) is 0 Å². The number of aliphatic hydroxyl groups excluding tert-OH is 1. The van der Waals surface area contributed by atoms with E-state index < -0.39 is 12.3 Å². The zero-order chi connectivity index (χ0) is 12.2.